The van der Waals surface area contributed by atoms with Crippen molar-refractivity contribution in [2.45, 2.75) is 13.0 Å². The first-order chi connectivity index (χ1) is 16.2. The molecule has 5 rings (SSSR count). The molecular weight excluding hydrogens is 428 g/mol. The summed E-state index contributed by atoms with van der Waals surface area (Å²) in [7, 11) is 0. The van der Waals surface area contributed by atoms with Gasteiger partial charge < -0.3 is 4.74 Å². The van der Waals surface area contributed by atoms with Gasteiger partial charge in [-0.25, -0.2) is 0 Å². The van der Waals surface area contributed by atoms with E-state index >= 15 is 0 Å². The van der Waals surface area contributed by atoms with Crippen molar-refractivity contribution in [2.24, 2.45) is 5.10 Å². The maximum absolute atomic E-state index is 5.85. The van der Waals surface area contributed by atoms with E-state index in [1.807, 2.05) is 66.7 Å². The summed E-state index contributed by atoms with van der Waals surface area (Å²) in [6.07, 6.45) is 2.40. The van der Waals surface area contributed by atoms with Crippen LogP contribution in [0.15, 0.2) is 102 Å². The lowest BCUT2D eigenvalue weighted by Gasteiger charge is -2.06. The third kappa shape index (κ3) is 5.07. The molecule has 0 spiro atoms. The van der Waals surface area contributed by atoms with Gasteiger partial charge in [0, 0.05) is 6.42 Å². The number of benzene rings is 4. The Hall–Kier alpha value is -4.03. The number of hydrogen-bond acceptors (Lipinski definition) is 4. The van der Waals surface area contributed by atoms with Gasteiger partial charge >= 0.3 is 0 Å². The zero-order valence-electron chi connectivity index (χ0n) is 17.9. The molecule has 0 atom stereocenters. The van der Waals surface area contributed by atoms with Crippen LogP contribution in [0.25, 0.3) is 10.8 Å². The Kier molecular flexibility index (Phi) is 6.08. The van der Waals surface area contributed by atoms with Crippen LogP contribution < -0.4 is 4.74 Å². The zero-order chi connectivity index (χ0) is 22.5. The second-order valence-corrected chi connectivity index (χ2v) is 8.09. The maximum atomic E-state index is 5.85. The average molecular weight is 451 g/mol. The van der Waals surface area contributed by atoms with Gasteiger partial charge in [0.25, 0.3) is 0 Å². The van der Waals surface area contributed by atoms with Gasteiger partial charge in [0.1, 0.15) is 12.4 Å². The van der Waals surface area contributed by atoms with Crippen LogP contribution >= 0.6 is 12.2 Å². The summed E-state index contributed by atoms with van der Waals surface area (Å²) in [5.41, 5.74) is 3.23. The molecular formula is C27H22N4OS. The first-order valence-corrected chi connectivity index (χ1v) is 11.1. The van der Waals surface area contributed by atoms with Crippen LogP contribution in [-0.4, -0.2) is 21.1 Å². The number of H-pyrrole nitrogens is 1. The van der Waals surface area contributed by atoms with Crippen LogP contribution in [0.1, 0.15) is 22.5 Å². The molecule has 0 saturated heterocycles. The molecule has 4 aromatic carbocycles. The van der Waals surface area contributed by atoms with Crippen LogP contribution in [-0.2, 0) is 13.0 Å². The van der Waals surface area contributed by atoms with Gasteiger partial charge in [0.2, 0.25) is 4.77 Å². The number of rotatable bonds is 7. The fourth-order valence-electron chi connectivity index (χ4n) is 3.60. The van der Waals surface area contributed by atoms with E-state index in [2.05, 4.69) is 45.6 Å². The molecule has 6 heteroatoms. The zero-order valence-corrected chi connectivity index (χ0v) is 18.7. The third-order valence-corrected chi connectivity index (χ3v) is 5.61. The van der Waals surface area contributed by atoms with Gasteiger partial charge in [-0.1, -0.05) is 72.8 Å². The van der Waals surface area contributed by atoms with E-state index < -0.39 is 0 Å². The number of ether oxygens (including phenoxy) is 1. The Morgan fingerprint density at radius 3 is 2.42 bits per heavy atom. The molecule has 0 saturated carbocycles. The van der Waals surface area contributed by atoms with Crippen molar-refractivity contribution in [3.05, 3.63) is 124 Å². The number of nitrogens with zero attached hydrogens (tertiary/aromatic N) is 3. The largest absolute Gasteiger partial charge is 0.489 e. The average Bonchev–Trinajstić information content (AvgIpc) is 3.21. The van der Waals surface area contributed by atoms with E-state index in [9.17, 15) is 0 Å². The van der Waals surface area contributed by atoms with Crippen molar-refractivity contribution in [3.8, 4) is 5.75 Å². The molecule has 0 aliphatic heterocycles. The van der Waals surface area contributed by atoms with Crippen molar-refractivity contribution >= 4 is 29.2 Å². The van der Waals surface area contributed by atoms with Gasteiger partial charge in [-0.15, -0.1) is 0 Å². The standard InChI is InChI=1S/C27H22N4OS/c33-27-30-29-26(17-22-10-13-23-8-4-5-9-24(23)16-22)31(27)28-18-20-11-14-25(15-12-20)32-19-21-6-2-1-3-7-21/h1-16,18H,17,19H2,(H,30,33)/b28-18+. The molecule has 0 radical (unpaired) electrons. The molecule has 5 nitrogen and oxygen atoms in total. The van der Waals surface area contributed by atoms with Gasteiger partial charge in [-0.2, -0.15) is 14.9 Å². The van der Waals surface area contributed by atoms with Gasteiger partial charge in [-0.3, -0.25) is 5.10 Å². The van der Waals surface area contributed by atoms with Gasteiger partial charge in [0.15, 0.2) is 5.82 Å². The van der Waals surface area contributed by atoms with Crippen LogP contribution in [0, 0.1) is 4.77 Å². The van der Waals surface area contributed by atoms with E-state index in [0.29, 0.717) is 17.8 Å². The summed E-state index contributed by atoms with van der Waals surface area (Å²) in [6, 6.07) is 32.6. The number of hydrogen-bond donors (Lipinski definition) is 1. The Morgan fingerprint density at radius 1 is 0.848 bits per heavy atom. The molecule has 0 bridgehead atoms. The molecule has 33 heavy (non-hydrogen) atoms. The third-order valence-electron chi connectivity index (χ3n) is 5.34. The first kappa shape index (κ1) is 20.8. The summed E-state index contributed by atoms with van der Waals surface area (Å²) in [5.74, 6) is 1.57. The molecule has 0 amide bonds. The molecule has 0 aliphatic carbocycles. The van der Waals surface area contributed by atoms with E-state index in [1.165, 1.54) is 10.8 Å². The number of nitrogens with one attached hydrogen (secondary N) is 1. The van der Waals surface area contributed by atoms with Crippen molar-refractivity contribution in [1.82, 2.24) is 14.9 Å². The van der Waals surface area contributed by atoms with Crippen LogP contribution in [0.2, 0.25) is 0 Å². The highest BCUT2D eigenvalue weighted by Gasteiger charge is 2.07. The van der Waals surface area contributed by atoms with Crippen molar-refractivity contribution < 1.29 is 4.74 Å². The summed E-state index contributed by atoms with van der Waals surface area (Å²) in [6.45, 7) is 0.538. The molecule has 0 fully saturated rings. The van der Waals surface area contributed by atoms with E-state index in [4.69, 9.17) is 17.0 Å². The molecule has 1 N–H and O–H groups in total. The summed E-state index contributed by atoms with van der Waals surface area (Å²) >= 11 is 5.39. The van der Waals surface area contributed by atoms with Crippen molar-refractivity contribution in [2.75, 3.05) is 0 Å². The smallest absolute Gasteiger partial charge is 0.216 e. The van der Waals surface area contributed by atoms with E-state index in [-0.39, 0.29) is 0 Å². The number of fused-ring (bicyclic) bond motifs is 1. The van der Waals surface area contributed by atoms with Gasteiger partial charge in [-0.05, 0) is 63.9 Å². The quantitative estimate of drug-likeness (QED) is 0.239. The Labute approximate surface area is 197 Å². The maximum Gasteiger partial charge on any atom is 0.216 e. The fourth-order valence-corrected chi connectivity index (χ4v) is 3.80. The van der Waals surface area contributed by atoms with E-state index in [0.717, 1.165) is 28.3 Å². The lowest BCUT2D eigenvalue weighted by atomic mass is 10.1. The second kappa shape index (κ2) is 9.63. The molecule has 1 heterocycles. The van der Waals surface area contributed by atoms with Crippen LogP contribution in [0.3, 0.4) is 0 Å². The number of aromatic amines is 1. The highest BCUT2D eigenvalue weighted by atomic mass is 32.1. The minimum atomic E-state index is 0.463. The van der Waals surface area contributed by atoms with Crippen molar-refractivity contribution in [3.63, 3.8) is 0 Å². The summed E-state index contributed by atoms with van der Waals surface area (Å²) in [5, 5.41) is 14.2. The minimum Gasteiger partial charge on any atom is -0.489 e. The highest BCUT2D eigenvalue weighted by Crippen LogP contribution is 2.18. The Bertz CT molecular complexity index is 1450. The number of aromatic nitrogens is 3. The predicted octanol–water partition coefficient (Wildman–Crippen LogP) is 6.15. The van der Waals surface area contributed by atoms with Gasteiger partial charge in [0.05, 0.1) is 6.21 Å². The van der Waals surface area contributed by atoms with Crippen LogP contribution in [0.4, 0.5) is 0 Å². The lowest BCUT2D eigenvalue weighted by molar-refractivity contribution is 0.306. The summed E-state index contributed by atoms with van der Waals surface area (Å²) in [4.78, 5) is 0. The topological polar surface area (TPSA) is 55.2 Å². The highest BCUT2D eigenvalue weighted by molar-refractivity contribution is 7.71. The molecule has 5 aromatic rings. The lowest BCUT2D eigenvalue weighted by Crippen LogP contribution is -2.00. The fraction of sp³-hybridized carbons (Fsp3) is 0.0741. The van der Waals surface area contributed by atoms with E-state index in [1.54, 1.807) is 10.9 Å². The molecule has 0 unspecified atom stereocenters. The molecule has 0 aliphatic rings. The Morgan fingerprint density at radius 2 is 1.61 bits per heavy atom. The molecule has 1 aromatic heterocycles. The predicted molar refractivity (Wildman–Crippen MR) is 134 cm³/mol. The normalized spacial score (nSPS) is 11.3. The van der Waals surface area contributed by atoms with Crippen molar-refractivity contribution in [1.29, 1.82) is 0 Å². The Balaban J connectivity index is 1.28. The summed E-state index contributed by atoms with van der Waals surface area (Å²) < 4.78 is 7.98. The molecule has 162 valence electrons. The minimum absolute atomic E-state index is 0.463. The second-order valence-electron chi connectivity index (χ2n) is 7.70. The first-order valence-electron chi connectivity index (χ1n) is 10.7. The SMILES string of the molecule is S=c1[nH]nc(Cc2ccc3ccccc3c2)n1/N=C/c1ccc(OCc2ccccc2)cc1. The van der Waals surface area contributed by atoms with Crippen LogP contribution in [0.5, 0.6) is 5.75 Å². The monoisotopic (exact) mass is 450 g/mol.